The molecule has 0 spiro atoms. The molecule has 2 rings (SSSR count). The molecule has 88 valence electrons. The minimum Gasteiger partial charge on any atom is -0.468 e. The number of H-pyrrole nitrogens is 1. The van der Waals surface area contributed by atoms with Crippen molar-refractivity contribution in [3.63, 3.8) is 0 Å². The monoisotopic (exact) mass is 228 g/mol. The van der Waals surface area contributed by atoms with Crippen LogP contribution < -0.4 is 10.3 Å². The van der Waals surface area contributed by atoms with Gasteiger partial charge in [0.15, 0.2) is 0 Å². The third kappa shape index (κ3) is 1.72. The van der Waals surface area contributed by atoms with Crippen LogP contribution in [0.3, 0.4) is 0 Å². The van der Waals surface area contributed by atoms with Gasteiger partial charge in [0, 0.05) is 6.17 Å². The van der Waals surface area contributed by atoms with E-state index in [4.69, 9.17) is 14.8 Å². The van der Waals surface area contributed by atoms with Crippen LogP contribution in [0, 0.1) is 0 Å². The second-order valence-electron chi connectivity index (χ2n) is 4.76. The summed E-state index contributed by atoms with van der Waals surface area (Å²) in [7, 11) is -3.44. The lowest BCUT2D eigenvalue weighted by Gasteiger charge is -2.32. The molecule has 0 aromatic carbocycles. The average molecular weight is 228 g/mol. The van der Waals surface area contributed by atoms with Gasteiger partial charge in [0.2, 0.25) is 0 Å². The molecule has 0 unspecified atom stereocenters. The van der Waals surface area contributed by atoms with Crippen molar-refractivity contribution < 1.29 is 19.5 Å². The van der Waals surface area contributed by atoms with E-state index in [9.17, 15) is 0 Å². The number of hydrogen-bond acceptors (Lipinski definition) is 4. The molecule has 6 heteroatoms. The fourth-order valence-corrected chi connectivity index (χ4v) is 1.40. The van der Waals surface area contributed by atoms with Crippen molar-refractivity contribution in [2.24, 2.45) is 0 Å². The van der Waals surface area contributed by atoms with Crippen molar-refractivity contribution in [3.05, 3.63) is 6.17 Å². The summed E-state index contributed by atoms with van der Waals surface area (Å²) in [5, 5.41) is 0. The topological polar surface area (TPSA) is 56.4 Å². The minimum atomic E-state index is -2.63. The summed E-state index contributed by atoms with van der Waals surface area (Å²) in [5.74, 6) is 0. The lowest BCUT2D eigenvalue weighted by atomic mass is 9.86. The third-order valence-corrected chi connectivity index (χ3v) is 3.11. The molecule has 5 nitrogen and oxygen atoms in total. The van der Waals surface area contributed by atoms with Crippen molar-refractivity contribution in [1.82, 2.24) is 9.97 Å². The average Bonchev–Trinajstić information content (AvgIpc) is 2.63. The van der Waals surface area contributed by atoms with Crippen LogP contribution >= 0.6 is 0 Å². The van der Waals surface area contributed by atoms with E-state index in [1.54, 1.807) is 0 Å². The molecule has 1 fully saturated rings. The number of nitrogens with one attached hydrogen (secondary N) is 1. The Hall–Kier alpha value is -1.01. The Morgan fingerprint density at radius 3 is 2.62 bits per heavy atom. The first-order valence-corrected chi connectivity index (χ1v) is 5.02. The Balaban J connectivity index is 2.23. The summed E-state index contributed by atoms with van der Waals surface area (Å²) in [4.78, 5) is 6.33. The maximum absolute atomic E-state index is 7.76. The van der Waals surface area contributed by atoms with E-state index in [2.05, 4.69) is 14.7 Å². The molecule has 1 saturated heterocycles. The largest absolute Gasteiger partial charge is 0.513 e. The van der Waals surface area contributed by atoms with Crippen LogP contribution in [0.2, 0.25) is 0 Å². The van der Waals surface area contributed by atoms with E-state index >= 15 is 0 Å². The van der Waals surface area contributed by atoms with Crippen LogP contribution in [0.5, 0.6) is 6.01 Å². The maximum Gasteiger partial charge on any atom is 0.513 e. The molecule has 1 aliphatic rings. The number of aromatic amines is 1. The van der Waals surface area contributed by atoms with Crippen molar-refractivity contribution >= 4 is 12.7 Å². The van der Waals surface area contributed by atoms with E-state index in [0.29, 0.717) is 0 Å². The summed E-state index contributed by atoms with van der Waals surface area (Å²) in [6, 6.07) is -0.250. The SMILES string of the molecule is [2H]c1nc(OC([2H])([2H])[2H])[nH]c1B1OC(C)(C)C(C)(C)O1. The van der Waals surface area contributed by atoms with Crippen LogP contribution in [0.1, 0.15) is 33.2 Å². The van der Waals surface area contributed by atoms with Crippen LogP contribution in [0.4, 0.5) is 0 Å². The molecule has 0 radical (unpaired) electrons. The van der Waals surface area contributed by atoms with Gasteiger partial charge in [-0.2, -0.15) is 0 Å². The van der Waals surface area contributed by atoms with Gasteiger partial charge in [-0.1, -0.05) is 0 Å². The normalized spacial score (nSPS) is 26.9. The molecule has 16 heavy (non-hydrogen) atoms. The standard InChI is InChI=1S/C10H17BN2O3/c1-9(2)10(3,4)16-11(15-9)7-6-12-8(13-7)14-5/h6H,1-5H3,(H,12,13)/i5D3,6D. The van der Waals surface area contributed by atoms with Crippen molar-refractivity contribution in [3.8, 4) is 6.01 Å². The van der Waals surface area contributed by atoms with Gasteiger partial charge in [0.1, 0.15) is 0 Å². The third-order valence-electron chi connectivity index (χ3n) is 3.11. The smallest absolute Gasteiger partial charge is 0.468 e. The zero-order valence-electron chi connectivity index (χ0n) is 13.7. The highest BCUT2D eigenvalue weighted by Crippen LogP contribution is 2.36. The number of imidazole rings is 1. The van der Waals surface area contributed by atoms with Gasteiger partial charge in [-0.15, -0.1) is 0 Å². The molecular weight excluding hydrogens is 207 g/mol. The Morgan fingerprint density at radius 1 is 1.44 bits per heavy atom. The van der Waals surface area contributed by atoms with Crippen molar-refractivity contribution in [1.29, 1.82) is 0 Å². The van der Waals surface area contributed by atoms with E-state index in [-0.39, 0.29) is 17.8 Å². The van der Waals surface area contributed by atoms with Gasteiger partial charge in [-0.05, 0) is 27.7 Å². The zero-order chi connectivity index (χ0) is 15.3. The summed E-state index contributed by atoms with van der Waals surface area (Å²) in [6.07, 6.45) is -0.164. The fraction of sp³-hybridized carbons (Fsp3) is 0.700. The Morgan fingerprint density at radius 2 is 2.06 bits per heavy atom. The maximum atomic E-state index is 7.76. The number of aromatic nitrogens is 2. The summed E-state index contributed by atoms with van der Waals surface area (Å²) >= 11 is 0. The number of rotatable bonds is 2. The van der Waals surface area contributed by atoms with Crippen LogP contribution in [-0.4, -0.2) is 35.3 Å². The molecule has 0 saturated carbocycles. The van der Waals surface area contributed by atoms with E-state index in [1.165, 1.54) is 0 Å². The van der Waals surface area contributed by atoms with Crippen molar-refractivity contribution in [2.45, 2.75) is 38.9 Å². The lowest BCUT2D eigenvalue weighted by molar-refractivity contribution is 0.00578. The highest BCUT2D eigenvalue weighted by atomic mass is 16.7. The molecule has 0 aliphatic carbocycles. The number of ether oxygens (including phenoxy) is 1. The van der Waals surface area contributed by atoms with Gasteiger partial charge in [0.05, 0.1) is 29.3 Å². The van der Waals surface area contributed by atoms with E-state index < -0.39 is 25.4 Å². The number of nitrogens with zero attached hydrogens (tertiary/aromatic N) is 1. The summed E-state index contributed by atoms with van der Waals surface area (Å²) in [6.45, 7) is 7.53. The Bertz CT molecular complexity index is 499. The second kappa shape index (κ2) is 3.50. The summed E-state index contributed by atoms with van der Waals surface area (Å²) < 4.78 is 45.0. The zero-order valence-corrected chi connectivity index (χ0v) is 9.75. The molecule has 1 aromatic rings. The predicted octanol–water partition coefficient (Wildman–Crippen LogP) is 0.718. The molecule has 1 aliphatic heterocycles. The fourth-order valence-electron chi connectivity index (χ4n) is 1.40. The molecule has 0 amide bonds. The van der Waals surface area contributed by atoms with Gasteiger partial charge in [-0.25, -0.2) is 4.98 Å². The quantitative estimate of drug-likeness (QED) is 0.757. The first kappa shape index (κ1) is 7.35. The second-order valence-corrected chi connectivity index (χ2v) is 4.76. The minimum absolute atomic E-state index is 0.164. The molecule has 1 aromatic heterocycles. The lowest BCUT2D eigenvalue weighted by Crippen LogP contribution is -2.41. The first-order chi connectivity index (χ1) is 8.91. The predicted molar refractivity (Wildman–Crippen MR) is 60.9 cm³/mol. The Labute approximate surface area is 101 Å². The summed E-state index contributed by atoms with van der Waals surface area (Å²) in [5.41, 5.74) is -0.872. The number of hydrogen-bond donors (Lipinski definition) is 1. The van der Waals surface area contributed by atoms with Gasteiger partial charge in [0.25, 0.3) is 6.01 Å². The first-order valence-electron chi connectivity index (χ1n) is 7.02. The molecule has 1 N–H and O–H groups in total. The van der Waals surface area contributed by atoms with E-state index in [1.807, 2.05) is 27.7 Å². The Kier molecular flexibility index (Phi) is 1.61. The van der Waals surface area contributed by atoms with Gasteiger partial charge < -0.3 is 19.0 Å². The molecule has 0 atom stereocenters. The molecular formula is C10H17BN2O3. The number of methoxy groups -OCH3 is 1. The highest BCUT2D eigenvalue weighted by molar-refractivity contribution is 6.61. The van der Waals surface area contributed by atoms with Crippen LogP contribution in [0.15, 0.2) is 6.17 Å². The highest BCUT2D eigenvalue weighted by Gasteiger charge is 2.52. The van der Waals surface area contributed by atoms with Crippen LogP contribution in [-0.2, 0) is 9.31 Å². The molecule has 2 heterocycles. The van der Waals surface area contributed by atoms with Crippen LogP contribution in [0.25, 0.3) is 0 Å². The molecule has 0 bridgehead atoms. The van der Waals surface area contributed by atoms with Crippen molar-refractivity contribution in [2.75, 3.05) is 7.04 Å². The van der Waals surface area contributed by atoms with Gasteiger partial charge >= 0.3 is 7.12 Å². The van der Waals surface area contributed by atoms with Gasteiger partial charge in [-0.3, -0.25) is 0 Å². The van der Waals surface area contributed by atoms with E-state index in [0.717, 1.165) is 0 Å².